The monoisotopic (exact) mass is 427 g/mol. The molecule has 0 aromatic carbocycles. The van der Waals surface area contributed by atoms with Gasteiger partial charge in [-0.2, -0.15) is 8.42 Å². The van der Waals surface area contributed by atoms with Crippen LogP contribution in [0.5, 0.6) is 0 Å². The molecule has 5 heteroatoms. The summed E-state index contributed by atoms with van der Waals surface area (Å²) < 4.78 is 32.1. The van der Waals surface area contributed by atoms with Crippen LogP contribution < -0.4 is 0 Å². The Hall–Kier alpha value is -1.46. The number of aromatic nitrogens is 1. The van der Waals surface area contributed by atoms with E-state index in [2.05, 4.69) is 37.0 Å². The fraction of sp³-hybridized carbons (Fsp3) is 0.640. The molecule has 1 N–H and O–H groups in total. The molecule has 0 radical (unpaired) electrons. The van der Waals surface area contributed by atoms with Crippen molar-refractivity contribution in [1.29, 1.82) is 0 Å². The van der Waals surface area contributed by atoms with Crippen LogP contribution in [0.1, 0.15) is 64.4 Å². The van der Waals surface area contributed by atoms with E-state index in [1.807, 2.05) is 18.5 Å². The average molecular weight is 428 g/mol. The molecule has 2 fully saturated rings. The maximum Gasteiger partial charge on any atom is 0.265 e. The Morgan fingerprint density at radius 2 is 1.90 bits per heavy atom. The number of allylic oxidation sites excluding steroid dienone is 4. The minimum atomic E-state index is -3.90. The van der Waals surface area contributed by atoms with Crippen LogP contribution in [0, 0.1) is 34.5 Å². The third kappa shape index (κ3) is 3.20. The van der Waals surface area contributed by atoms with Gasteiger partial charge in [-0.15, -0.1) is 0 Å². The second kappa shape index (κ2) is 7.03. The van der Waals surface area contributed by atoms with Gasteiger partial charge in [0.2, 0.25) is 0 Å². The Labute approximate surface area is 180 Å². The first-order chi connectivity index (χ1) is 14.2. The average Bonchev–Trinajstić information content (AvgIpc) is 3.05. The van der Waals surface area contributed by atoms with Crippen molar-refractivity contribution in [2.24, 2.45) is 34.5 Å². The summed E-state index contributed by atoms with van der Waals surface area (Å²) in [6.45, 7) is 4.91. The molecule has 0 amide bonds. The van der Waals surface area contributed by atoms with Gasteiger partial charge in [0, 0.05) is 12.4 Å². The van der Waals surface area contributed by atoms with Crippen molar-refractivity contribution in [2.45, 2.75) is 58.8 Å². The number of hydrogen-bond donors (Lipinski definition) is 1. The normalized spacial score (nSPS) is 40.6. The molecule has 0 saturated heterocycles. The molecule has 4 aliphatic rings. The van der Waals surface area contributed by atoms with Crippen LogP contribution in [0.2, 0.25) is 0 Å². The smallest absolute Gasteiger partial charge is 0.265 e. The van der Waals surface area contributed by atoms with E-state index in [9.17, 15) is 13.0 Å². The quantitative estimate of drug-likeness (QED) is 0.508. The highest BCUT2D eigenvalue weighted by atomic mass is 32.2. The lowest BCUT2D eigenvalue weighted by atomic mass is 9.47. The Morgan fingerprint density at radius 3 is 2.63 bits per heavy atom. The molecule has 2 saturated carbocycles. The van der Waals surface area contributed by atoms with Gasteiger partial charge in [0.05, 0.1) is 5.75 Å². The van der Waals surface area contributed by atoms with Crippen molar-refractivity contribution >= 4 is 15.7 Å². The zero-order valence-corrected chi connectivity index (χ0v) is 18.9. The molecule has 162 valence electrons. The van der Waals surface area contributed by atoms with Crippen molar-refractivity contribution in [1.82, 2.24) is 4.98 Å². The second-order valence-electron chi connectivity index (χ2n) is 10.7. The Bertz CT molecular complexity index is 998. The summed E-state index contributed by atoms with van der Waals surface area (Å²) >= 11 is 0. The molecule has 5 rings (SSSR count). The summed E-state index contributed by atoms with van der Waals surface area (Å²) in [7, 11) is -3.90. The topological polar surface area (TPSA) is 67.3 Å². The van der Waals surface area contributed by atoms with E-state index < -0.39 is 10.1 Å². The summed E-state index contributed by atoms with van der Waals surface area (Å²) in [5, 5.41) is 0. The SMILES string of the molecule is C[C@]12CC[C@H](CS(=O)(=O)O)CC1=CC[C@@H]1[C@@H]2CC[C@]2(C)C(c3cccnc3)=CC[C@@H]12. The Morgan fingerprint density at radius 1 is 1.10 bits per heavy atom. The zero-order chi connectivity index (χ0) is 21.1. The van der Waals surface area contributed by atoms with E-state index in [0.29, 0.717) is 17.8 Å². The van der Waals surface area contributed by atoms with Gasteiger partial charge in [-0.25, -0.2) is 0 Å². The lowest BCUT2D eigenvalue weighted by molar-refractivity contribution is -0.0136. The maximum absolute atomic E-state index is 11.4. The predicted molar refractivity (Wildman–Crippen MR) is 119 cm³/mol. The zero-order valence-electron chi connectivity index (χ0n) is 18.0. The maximum atomic E-state index is 11.4. The van der Waals surface area contributed by atoms with E-state index in [0.717, 1.165) is 32.1 Å². The molecule has 0 unspecified atom stereocenters. The van der Waals surface area contributed by atoms with Crippen LogP contribution in [-0.4, -0.2) is 23.7 Å². The fourth-order valence-corrected chi connectivity index (χ4v) is 8.59. The van der Waals surface area contributed by atoms with Gasteiger partial charge in [-0.1, -0.05) is 37.6 Å². The summed E-state index contributed by atoms with van der Waals surface area (Å²) in [6.07, 6.45) is 16.3. The van der Waals surface area contributed by atoms with Gasteiger partial charge in [-0.3, -0.25) is 9.54 Å². The molecule has 6 atom stereocenters. The highest BCUT2D eigenvalue weighted by molar-refractivity contribution is 7.85. The third-order valence-electron chi connectivity index (χ3n) is 9.21. The molecule has 0 spiro atoms. The van der Waals surface area contributed by atoms with Crippen LogP contribution >= 0.6 is 0 Å². The first kappa shape index (κ1) is 20.4. The molecule has 1 aromatic rings. The number of nitrogens with zero attached hydrogens (tertiary/aromatic N) is 1. The highest BCUT2D eigenvalue weighted by Crippen LogP contribution is 2.66. The number of rotatable bonds is 3. The molecule has 1 aromatic heterocycles. The highest BCUT2D eigenvalue weighted by Gasteiger charge is 2.56. The number of pyridine rings is 1. The number of fused-ring (bicyclic) bond motifs is 5. The molecule has 4 aliphatic carbocycles. The molecule has 30 heavy (non-hydrogen) atoms. The van der Waals surface area contributed by atoms with Crippen LogP contribution in [0.15, 0.2) is 42.3 Å². The molecule has 0 bridgehead atoms. The standard InChI is InChI=1S/C25H33NO3S/c1-24-11-9-17(16-30(27,28)29)14-19(24)5-6-20-22-8-7-21(18-4-3-13-26-15-18)25(22,2)12-10-23(20)24/h3-5,7,13,15,17,20,22-23H,6,8-12,14,16H2,1-2H3,(H,27,28,29)/t17-,20-,22-,23-,24-,25+/m0/s1. The van der Waals surface area contributed by atoms with Crippen LogP contribution in [0.25, 0.3) is 5.57 Å². The van der Waals surface area contributed by atoms with Crippen LogP contribution in [0.3, 0.4) is 0 Å². The first-order valence-corrected chi connectivity index (χ1v) is 13.1. The molecule has 4 nitrogen and oxygen atoms in total. The lowest BCUT2D eigenvalue weighted by Crippen LogP contribution is -2.49. The summed E-state index contributed by atoms with van der Waals surface area (Å²) in [4.78, 5) is 4.37. The van der Waals surface area contributed by atoms with Gasteiger partial charge >= 0.3 is 0 Å². The van der Waals surface area contributed by atoms with E-state index >= 15 is 0 Å². The van der Waals surface area contributed by atoms with Crippen molar-refractivity contribution in [2.75, 3.05) is 5.75 Å². The fourth-order valence-electron chi connectivity index (χ4n) is 7.71. The minimum Gasteiger partial charge on any atom is -0.286 e. The van der Waals surface area contributed by atoms with Crippen molar-refractivity contribution in [3.05, 3.63) is 47.8 Å². The van der Waals surface area contributed by atoms with E-state index in [-0.39, 0.29) is 22.5 Å². The Kier molecular flexibility index (Phi) is 4.79. The minimum absolute atomic E-state index is 0.0649. The number of hydrogen-bond acceptors (Lipinski definition) is 3. The molecular weight excluding hydrogens is 394 g/mol. The Balaban J connectivity index is 1.40. The molecule has 0 aliphatic heterocycles. The van der Waals surface area contributed by atoms with E-state index in [4.69, 9.17) is 0 Å². The first-order valence-electron chi connectivity index (χ1n) is 11.5. The summed E-state index contributed by atoms with van der Waals surface area (Å²) in [5.41, 5.74) is 4.66. The van der Waals surface area contributed by atoms with Crippen LogP contribution in [0.4, 0.5) is 0 Å². The van der Waals surface area contributed by atoms with Gasteiger partial charge in [0.25, 0.3) is 10.1 Å². The van der Waals surface area contributed by atoms with Gasteiger partial charge in [0.15, 0.2) is 0 Å². The van der Waals surface area contributed by atoms with Crippen molar-refractivity contribution in [3.63, 3.8) is 0 Å². The second-order valence-corrected chi connectivity index (χ2v) is 12.2. The third-order valence-corrected chi connectivity index (χ3v) is 10.1. The van der Waals surface area contributed by atoms with E-state index in [1.165, 1.54) is 29.6 Å². The molecule has 1 heterocycles. The molecular formula is C25H33NO3S. The van der Waals surface area contributed by atoms with E-state index in [1.54, 1.807) is 0 Å². The predicted octanol–water partition coefficient (Wildman–Crippen LogP) is 5.54. The van der Waals surface area contributed by atoms with Gasteiger partial charge < -0.3 is 0 Å². The van der Waals surface area contributed by atoms with Crippen molar-refractivity contribution < 1.29 is 13.0 Å². The van der Waals surface area contributed by atoms with Gasteiger partial charge in [0.1, 0.15) is 0 Å². The van der Waals surface area contributed by atoms with Crippen molar-refractivity contribution in [3.8, 4) is 0 Å². The summed E-state index contributed by atoms with van der Waals surface area (Å²) in [6, 6.07) is 4.25. The summed E-state index contributed by atoms with van der Waals surface area (Å²) in [5.74, 6) is 2.03. The van der Waals surface area contributed by atoms with Gasteiger partial charge in [-0.05, 0) is 96.7 Å². The lowest BCUT2D eigenvalue weighted by Gasteiger charge is -2.58. The van der Waals surface area contributed by atoms with Crippen LogP contribution in [-0.2, 0) is 10.1 Å². The largest absolute Gasteiger partial charge is 0.286 e.